The van der Waals surface area contributed by atoms with E-state index in [-0.39, 0.29) is 30.4 Å². The van der Waals surface area contributed by atoms with E-state index in [0.29, 0.717) is 16.5 Å². The third-order valence-corrected chi connectivity index (χ3v) is 4.22. The molecular weight excluding hydrogens is 314 g/mol. The highest BCUT2D eigenvalue weighted by atomic mass is 35.5. The number of alkyl halides is 1. The van der Waals surface area contributed by atoms with E-state index in [4.69, 9.17) is 18.0 Å². The van der Waals surface area contributed by atoms with E-state index in [1.807, 2.05) is 6.07 Å². The van der Waals surface area contributed by atoms with Gasteiger partial charge in [-0.3, -0.25) is 9.59 Å². The third kappa shape index (κ3) is 3.54. The number of amides is 1. The van der Waals surface area contributed by atoms with E-state index in [1.54, 1.807) is 32.0 Å². The lowest BCUT2D eigenvalue weighted by Gasteiger charge is -2.20. The first-order chi connectivity index (χ1) is 10.9. The number of carbonyl (C=O) groups is 1. The Morgan fingerprint density at radius 3 is 2.65 bits per heavy atom. The summed E-state index contributed by atoms with van der Waals surface area (Å²) in [7, 11) is 0. The van der Waals surface area contributed by atoms with Gasteiger partial charge in [0.1, 0.15) is 6.54 Å². The van der Waals surface area contributed by atoms with E-state index in [0.717, 1.165) is 0 Å². The van der Waals surface area contributed by atoms with Crippen molar-refractivity contribution in [1.82, 2.24) is 15.1 Å². The SMILES string of the molecule is C#CCn1nc(CNC(=O)C(C)(C)CCl)c2ccccc2c1=O. The molecule has 23 heavy (non-hydrogen) atoms. The zero-order valence-corrected chi connectivity index (χ0v) is 13.9. The Bertz CT molecular complexity index is 834. The average molecular weight is 332 g/mol. The van der Waals surface area contributed by atoms with Gasteiger partial charge in [-0.25, -0.2) is 4.68 Å². The maximum absolute atomic E-state index is 12.3. The fraction of sp³-hybridized carbons (Fsp3) is 0.353. The first-order valence-electron chi connectivity index (χ1n) is 7.17. The highest BCUT2D eigenvalue weighted by molar-refractivity contribution is 6.19. The number of aromatic nitrogens is 2. The van der Waals surface area contributed by atoms with Crippen molar-refractivity contribution in [1.29, 1.82) is 0 Å². The van der Waals surface area contributed by atoms with Crippen LogP contribution in [0.5, 0.6) is 0 Å². The minimum absolute atomic E-state index is 0.0811. The molecule has 2 aromatic rings. The molecule has 5 nitrogen and oxygen atoms in total. The Balaban J connectivity index is 2.41. The van der Waals surface area contributed by atoms with E-state index >= 15 is 0 Å². The lowest BCUT2D eigenvalue weighted by molar-refractivity contribution is -0.128. The van der Waals surface area contributed by atoms with Crippen LogP contribution in [-0.4, -0.2) is 21.6 Å². The summed E-state index contributed by atoms with van der Waals surface area (Å²) in [5.41, 5.74) is -0.325. The summed E-state index contributed by atoms with van der Waals surface area (Å²) in [4.78, 5) is 24.5. The summed E-state index contributed by atoms with van der Waals surface area (Å²) >= 11 is 5.81. The van der Waals surface area contributed by atoms with Crippen LogP contribution in [0.1, 0.15) is 19.5 Å². The molecule has 0 aliphatic carbocycles. The van der Waals surface area contributed by atoms with Crippen molar-refractivity contribution in [3.63, 3.8) is 0 Å². The van der Waals surface area contributed by atoms with Crippen LogP contribution in [0.15, 0.2) is 29.1 Å². The van der Waals surface area contributed by atoms with Crippen LogP contribution in [0.25, 0.3) is 10.8 Å². The Labute approximate surface area is 139 Å². The van der Waals surface area contributed by atoms with Crippen molar-refractivity contribution in [3.8, 4) is 12.3 Å². The van der Waals surface area contributed by atoms with Crippen LogP contribution in [0.2, 0.25) is 0 Å². The fourth-order valence-electron chi connectivity index (χ4n) is 2.09. The van der Waals surface area contributed by atoms with Gasteiger partial charge in [-0.2, -0.15) is 5.10 Å². The van der Waals surface area contributed by atoms with E-state index in [1.165, 1.54) is 4.68 Å². The van der Waals surface area contributed by atoms with Gasteiger partial charge in [0.2, 0.25) is 5.91 Å². The molecule has 0 radical (unpaired) electrons. The molecule has 2 rings (SSSR count). The van der Waals surface area contributed by atoms with Crippen LogP contribution in [0.4, 0.5) is 0 Å². The number of carbonyl (C=O) groups excluding carboxylic acids is 1. The molecule has 0 bridgehead atoms. The van der Waals surface area contributed by atoms with Gasteiger partial charge in [-0.05, 0) is 19.9 Å². The number of fused-ring (bicyclic) bond motifs is 1. The Kier molecular flexibility index (Phi) is 5.07. The lowest BCUT2D eigenvalue weighted by atomic mass is 9.95. The number of hydrogen-bond donors (Lipinski definition) is 1. The minimum atomic E-state index is -0.676. The van der Waals surface area contributed by atoms with Crippen molar-refractivity contribution in [3.05, 3.63) is 40.3 Å². The predicted octanol–water partition coefficient (Wildman–Crippen LogP) is 1.91. The number of rotatable bonds is 5. The van der Waals surface area contributed by atoms with Crippen molar-refractivity contribution in [2.75, 3.05) is 5.88 Å². The molecule has 1 heterocycles. The second-order valence-corrected chi connectivity index (χ2v) is 6.13. The molecule has 0 atom stereocenters. The summed E-state index contributed by atoms with van der Waals surface area (Å²) < 4.78 is 1.23. The predicted molar refractivity (Wildman–Crippen MR) is 91.2 cm³/mol. The van der Waals surface area contributed by atoms with Gasteiger partial charge in [-0.1, -0.05) is 24.1 Å². The van der Waals surface area contributed by atoms with Crippen LogP contribution in [-0.2, 0) is 17.9 Å². The topological polar surface area (TPSA) is 64.0 Å². The monoisotopic (exact) mass is 331 g/mol. The smallest absolute Gasteiger partial charge is 0.275 e. The zero-order valence-electron chi connectivity index (χ0n) is 13.1. The van der Waals surface area contributed by atoms with E-state index in [9.17, 15) is 9.59 Å². The third-order valence-electron chi connectivity index (χ3n) is 3.55. The molecular formula is C17H18ClN3O2. The maximum Gasteiger partial charge on any atom is 0.275 e. The summed E-state index contributed by atoms with van der Waals surface area (Å²) in [6.07, 6.45) is 5.29. The van der Waals surface area contributed by atoms with Gasteiger partial charge in [0.25, 0.3) is 5.56 Å². The van der Waals surface area contributed by atoms with Crippen LogP contribution in [0.3, 0.4) is 0 Å². The normalized spacial score (nSPS) is 11.2. The number of hydrogen-bond acceptors (Lipinski definition) is 3. The van der Waals surface area contributed by atoms with Crippen LogP contribution >= 0.6 is 11.6 Å². The molecule has 120 valence electrons. The van der Waals surface area contributed by atoms with Crippen molar-refractivity contribution in [2.24, 2.45) is 5.41 Å². The maximum atomic E-state index is 12.3. The zero-order chi connectivity index (χ0) is 17.0. The molecule has 0 unspecified atom stereocenters. The van der Waals surface area contributed by atoms with Crippen molar-refractivity contribution < 1.29 is 4.79 Å². The number of nitrogens with zero attached hydrogens (tertiary/aromatic N) is 2. The van der Waals surface area contributed by atoms with E-state index < -0.39 is 5.41 Å². The molecule has 0 spiro atoms. The molecule has 1 aromatic carbocycles. The standard InChI is InChI=1S/C17H18ClN3O2/c1-4-9-21-15(22)13-8-6-5-7-12(13)14(20-21)10-19-16(23)17(2,3)11-18/h1,5-8H,9-11H2,2-3H3,(H,19,23). The Morgan fingerprint density at radius 1 is 1.39 bits per heavy atom. The summed E-state index contributed by atoms with van der Waals surface area (Å²) in [6.45, 7) is 3.81. The second kappa shape index (κ2) is 6.84. The molecule has 0 saturated heterocycles. The number of nitrogens with one attached hydrogen (secondary N) is 1. The van der Waals surface area contributed by atoms with E-state index in [2.05, 4.69) is 16.3 Å². The van der Waals surface area contributed by atoms with Gasteiger partial charge < -0.3 is 5.32 Å². The molecule has 1 aromatic heterocycles. The van der Waals surface area contributed by atoms with Gasteiger partial charge in [0, 0.05) is 11.3 Å². The van der Waals surface area contributed by atoms with Gasteiger partial charge in [0.05, 0.1) is 23.0 Å². The summed E-state index contributed by atoms with van der Waals surface area (Å²) in [5, 5.41) is 8.33. The quantitative estimate of drug-likeness (QED) is 0.672. The lowest BCUT2D eigenvalue weighted by Crippen LogP contribution is -2.38. The molecule has 0 fully saturated rings. The van der Waals surface area contributed by atoms with Crippen LogP contribution < -0.4 is 10.9 Å². The van der Waals surface area contributed by atoms with Crippen LogP contribution in [0, 0.1) is 17.8 Å². The number of terminal acetylenes is 1. The summed E-state index contributed by atoms with van der Waals surface area (Å²) in [6, 6.07) is 7.13. The highest BCUT2D eigenvalue weighted by Gasteiger charge is 2.26. The molecule has 0 saturated carbocycles. The number of benzene rings is 1. The largest absolute Gasteiger partial charge is 0.350 e. The van der Waals surface area contributed by atoms with Gasteiger partial charge in [-0.15, -0.1) is 18.0 Å². The minimum Gasteiger partial charge on any atom is -0.350 e. The molecule has 6 heteroatoms. The highest BCUT2D eigenvalue weighted by Crippen LogP contribution is 2.18. The Morgan fingerprint density at radius 2 is 2.04 bits per heavy atom. The van der Waals surface area contributed by atoms with Gasteiger partial charge in [0.15, 0.2) is 0 Å². The molecule has 1 N–H and O–H groups in total. The van der Waals surface area contributed by atoms with Gasteiger partial charge >= 0.3 is 0 Å². The summed E-state index contributed by atoms with van der Waals surface area (Å²) in [5.74, 6) is 2.45. The fourth-order valence-corrected chi connectivity index (χ4v) is 2.21. The first kappa shape index (κ1) is 17.0. The average Bonchev–Trinajstić information content (AvgIpc) is 2.56. The van der Waals surface area contributed by atoms with Crippen molar-refractivity contribution in [2.45, 2.75) is 26.9 Å². The van der Waals surface area contributed by atoms with Crippen molar-refractivity contribution >= 4 is 28.3 Å². The number of halogens is 1. The Hall–Kier alpha value is -2.32. The molecule has 0 aliphatic rings. The first-order valence-corrected chi connectivity index (χ1v) is 7.70. The second-order valence-electron chi connectivity index (χ2n) is 5.86. The molecule has 0 aliphatic heterocycles. The molecule has 1 amide bonds.